The third kappa shape index (κ3) is 14.3. The highest BCUT2D eigenvalue weighted by atomic mass is 19.3. The molecule has 3 fully saturated rings. The van der Waals surface area contributed by atoms with Gasteiger partial charge >= 0.3 is 0 Å². The molecule has 0 spiro atoms. The molecule has 392 valence electrons. The summed E-state index contributed by atoms with van der Waals surface area (Å²) in [5.41, 5.74) is 1.31. The number of alkyl halides is 4. The molecule has 0 aliphatic carbocycles. The minimum Gasteiger partial charge on any atom is -0.494 e. The van der Waals surface area contributed by atoms with E-state index in [1.165, 1.54) is 24.5 Å². The Morgan fingerprint density at radius 1 is 0.608 bits per heavy atom. The molecule has 24 heteroatoms. The summed E-state index contributed by atoms with van der Waals surface area (Å²) >= 11 is 0. The minimum absolute atomic E-state index is 0.0506. The number of halogens is 4. The summed E-state index contributed by atoms with van der Waals surface area (Å²) in [7, 11) is 0. The maximum atomic E-state index is 13.9. The average Bonchev–Trinajstić information content (AvgIpc) is 3.90. The Bertz CT molecular complexity index is 2610. The van der Waals surface area contributed by atoms with E-state index in [9.17, 15) is 56.9 Å². The van der Waals surface area contributed by atoms with Crippen LogP contribution in [-0.4, -0.2) is 181 Å². The second kappa shape index (κ2) is 24.8. The van der Waals surface area contributed by atoms with E-state index >= 15 is 0 Å². The number of hydrogen-bond donors (Lipinski definition) is 4. The van der Waals surface area contributed by atoms with Crippen molar-refractivity contribution in [3.63, 3.8) is 0 Å². The van der Waals surface area contributed by atoms with Gasteiger partial charge in [-0.1, -0.05) is 0 Å². The highest BCUT2D eigenvalue weighted by Crippen LogP contribution is 2.33. The summed E-state index contributed by atoms with van der Waals surface area (Å²) in [4.78, 5) is 91.9. The van der Waals surface area contributed by atoms with Crippen molar-refractivity contribution in [2.75, 3.05) is 91.8 Å². The number of nitrogens with one attached hydrogen (secondary N) is 4. The van der Waals surface area contributed by atoms with Gasteiger partial charge in [0.2, 0.25) is 23.6 Å². The van der Waals surface area contributed by atoms with Crippen LogP contribution < -0.4 is 30.7 Å². The van der Waals surface area contributed by atoms with Crippen LogP contribution in [0, 0.1) is 22.7 Å². The number of amides is 6. The topological polar surface area (TPSA) is 255 Å². The van der Waals surface area contributed by atoms with Crippen molar-refractivity contribution in [2.24, 2.45) is 0 Å². The monoisotopic (exact) mass is 1030 g/mol. The highest BCUT2D eigenvalue weighted by Gasteiger charge is 2.48. The van der Waals surface area contributed by atoms with Gasteiger partial charge in [-0.3, -0.25) is 38.7 Å². The Hall–Kier alpha value is -7.70. The lowest BCUT2D eigenvalue weighted by Gasteiger charge is -2.27. The van der Waals surface area contributed by atoms with Crippen LogP contribution in [0.15, 0.2) is 60.9 Å². The van der Waals surface area contributed by atoms with E-state index in [0.717, 1.165) is 9.80 Å². The van der Waals surface area contributed by atoms with Crippen LogP contribution in [0.5, 0.6) is 11.5 Å². The number of rotatable bonds is 16. The number of carbonyl (C=O) groups is 6. The third-order valence-electron chi connectivity index (χ3n) is 12.7. The van der Waals surface area contributed by atoms with E-state index in [1.54, 1.807) is 58.3 Å². The summed E-state index contributed by atoms with van der Waals surface area (Å²) in [5, 5.41) is 30.9. The molecule has 3 saturated heterocycles. The van der Waals surface area contributed by atoms with E-state index in [4.69, 9.17) is 9.47 Å². The van der Waals surface area contributed by atoms with Gasteiger partial charge in [0.1, 0.15) is 23.6 Å². The molecule has 74 heavy (non-hydrogen) atoms. The number of fused-ring (bicyclic) bond motifs is 2. The lowest BCUT2D eigenvalue weighted by molar-refractivity contribution is -0.132. The molecule has 0 radical (unpaired) electrons. The smallest absolute Gasteiger partial charge is 0.268 e. The summed E-state index contributed by atoms with van der Waals surface area (Å²) in [6.45, 7) is 1.30. The number of nitrogens with zero attached hydrogens (tertiary/aromatic N) is 8. The number of pyridine rings is 2. The van der Waals surface area contributed by atoms with E-state index in [2.05, 4.69) is 31.2 Å². The van der Waals surface area contributed by atoms with Gasteiger partial charge < -0.3 is 50.3 Å². The SMILES string of the molecule is N#C[C@@H]1CC(F)(F)CN1C(=O)CNC(=O)c1ccnc2ccc(OCCCC(=O)N3CCNCCN(C(=O)CCCOc4ccc5nccc(C(=O)NCC(=O)N6CC(F)(F)C[C@H]6C#N)c5c4)CCNCC3)cc12. The van der Waals surface area contributed by atoms with Crippen molar-refractivity contribution >= 4 is 57.2 Å². The van der Waals surface area contributed by atoms with Crippen molar-refractivity contribution in [3.8, 4) is 23.6 Å². The molecule has 4 N–H and O–H groups in total. The molecule has 2 aromatic carbocycles. The Kier molecular flexibility index (Phi) is 18.1. The van der Waals surface area contributed by atoms with Gasteiger partial charge in [-0.2, -0.15) is 10.5 Å². The van der Waals surface area contributed by atoms with E-state index in [0.29, 0.717) is 98.5 Å². The zero-order valence-electron chi connectivity index (χ0n) is 40.4. The molecule has 7 rings (SSSR count). The van der Waals surface area contributed by atoms with Crippen LogP contribution in [0.25, 0.3) is 21.8 Å². The van der Waals surface area contributed by atoms with Crippen LogP contribution in [0.2, 0.25) is 0 Å². The molecular weight excluding hydrogens is 973 g/mol. The van der Waals surface area contributed by atoms with Crippen LogP contribution >= 0.6 is 0 Å². The average molecular weight is 1030 g/mol. The Labute approximate surface area is 423 Å². The molecule has 0 saturated carbocycles. The van der Waals surface area contributed by atoms with E-state index in [-0.39, 0.29) is 49.0 Å². The molecule has 3 aliphatic rings. The van der Waals surface area contributed by atoms with Crippen molar-refractivity contribution in [1.29, 1.82) is 10.5 Å². The molecule has 4 aromatic rings. The lowest BCUT2D eigenvalue weighted by Crippen LogP contribution is -2.46. The molecule has 3 aliphatic heterocycles. The first-order valence-corrected chi connectivity index (χ1v) is 24.2. The first kappa shape index (κ1) is 54.1. The summed E-state index contributed by atoms with van der Waals surface area (Å²) in [5.74, 6) is -8.49. The van der Waals surface area contributed by atoms with Crippen LogP contribution in [-0.2, 0) is 19.2 Å². The third-order valence-corrected chi connectivity index (χ3v) is 12.7. The number of ether oxygens (including phenoxy) is 2. The summed E-state index contributed by atoms with van der Waals surface area (Å²) < 4.78 is 67.3. The molecule has 5 heterocycles. The quantitative estimate of drug-likeness (QED) is 0.0931. The number of aromatic nitrogens is 2. The van der Waals surface area contributed by atoms with Crippen LogP contribution in [0.1, 0.15) is 59.2 Å². The van der Waals surface area contributed by atoms with Gasteiger partial charge in [0.25, 0.3) is 23.7 Å². The zero-order chi connectivity index (χ0) is 52.8. The predicted octanol–water partition coefficient (Wildman–Crippen LogP) is 2.63. The molecule has 0 bridgehead atoms. The van der Waals surface area contributed by atoms with Crippen molar-refractivity contribution in [1.82, 2.24) is 50.8 Å². The summed E-state index contributed by atoms with van der Waals surface area (Å²) in [6, 6.07) is 13.7. The normalized spacial score (nSPS) is 18.9. The first-order valence-electron chi connectivity index (χ1n) is 24.2. The highest BCUT2D eigenvalue weighted by molar-refractivity contribution is 6.08. The number of likely N-dealkylation sites (tertiary alicyclic amines) is 2. The molecule has 2 atom stereocenters. The number of hydrogen-bond acceptors (Lipinski definition) is 14. The van der Waals surface area contributed by atoms with Crippen molar-refractivity contribution < 1.29 is 55.8 Å². The van der Waals surface area contributed by atoms with Gasteiger partial charge in [0, 0.05) is 101 Å². The van der Waals surface area contributed by atoms with Gasteiger partial charge in [0.05, 0.1) is 73.7 Å². The van der Waals surface area contributed by atoms with Crippen molar-refractivity contribution in [3.05, 3.63) is 72.1 Å². The van der Waals surface area contributed by atoms with Crippen LogP contribution in [0.4, 0.5) is 17.6 Å². The molecular formula is C50H56F4N12O8. The fourth-order valence-electron chi connectivity index (χ4n) is 8.89. The standard InChI is InChI=1S/C50H56F4N12O8/c51-49(52)25-33(27-55)65(31-49)45(69)29-61-47(71)37-9-11-59-41-7-5-35(23-39(37)41)73-21-1-3-43(67)63-17-13-57-15-19-64(20-16-58-14-18-63)44(68)4-2-22-74-36-6-8-42-40(24-36)38(10-12-60-42)48(72)62-30-46(70)66-32-50(53,54)26-34(66)28-56/h5-12,23-24,33-34,57-58H,1-4,13-22,25-26,29-32H2,(H,61,71)(H,62,72)/t33-,34-/m0/s1. The lowest BCUT2D eigenvalue weighted by atomic mass is 10.1. The number of nitriles is 2. The van der Waals surface area contributed by atoms with E-state index in [1.807, 2.05) is 0 Å². The number of carbonyl (C=O) groups excluding carboxylic acids is 6. The summed E-state index contributed by atoms with van der Waals surface area (Å²) in [6.07, 6.45) is 2.59. The fraction of sp³-hybridized carbons (Fsp3) is 0.480. The predicted molar refractivity (Wildman–Crippen MR) is 258 cm³/mol. The second-order valence-electron chi connectivity index (χ2n) is 18.1. The molecule has 2 aromatic heterocycles. The maximum absolute atomic E-state index is 13.9. The first-order chi connectivity index (χ1) is 35.5. The Balaban J connectivity index is 0.800. The molecule has 20 nitrogen and oxygen atoms in total. The Morgan fingerprint density at radius 2 is 1.00 bits per heavy atom. The largest absolute Gasteiger partial charge is 0.494 e. The van der Waals surface area contributed by atoms with E-state index < -0.39 is 86.6 Å². The molecule has 0 unspecified atom stereocenters. The number of benzene rings is 2. The second-order valence-corrected chi connectivity index (χ2v) is 18.1. The Morgan fingerprint density at radius 3 is 1.38 bits per heavy atom. The van der Waals surface area contributed by atoms with Gasteiger partial charge in [0.15, 0.2) is 0 Å². The van der Waals surface area contributed by atoms with Gasteiger partial charge in [-0.15, -0.1) is 0 Å². The zero-order valence-corrected chi connectivity index (χ0v) is 40.4. The van der Waals surface area contributed by atoms with Crippen LogP contribution in [0.3, 0.4) is 0 Å². The maximum Gasteiger partial charge on any atom is 0.268 e. The van der Waals surface area contributed by atoms with Crippen molar-refractivity contribution in [2.45, 2.75) is 62.5 Å². The molecule has 6 amide bonds. The fourth-order valence-corrected chi connectivity index (χ4v) is 8.89. The van der Waals surface area contributed by atoms with Gasteiger partial charge in [-0.25, -0.2) is 17.6 Å². The minimum atomic E-state index is -3.18. The van der Waals surface area contributed by atoms with Gasteiger partial charge in [-0.05, 0) is 61.4 Å².